The summed E-state index contributed by atoms with van der Waals surface area (Å²) in [6.07, 6.45) is 0.861. The van der Waals surface area contributed by atoms with E-state index >= 15 is 0 Å². The number of carboxylic acids is 1. The van der Waals surface area contributed by atoms with Crippen LogP contribution in [0.4, 0.5) is 0 Å². The summed E-state index contributed by atoms with van der Waals surface area (Å²) >= 11 is 0. The zero-order valence-corrected chi connectivity index (χ0v) is 3.09. The molecule has 6 heavy (non-hydrogen) atoms. The summed E-state index contributed by atoms with van der Waals surface area (Å²) in [6, 6.07) is 0. The molecular weight excluding hydrogens is 78.8 g/mol. The van der Waals surface area contributed by atoms with Gasteiger partial charge in [-0.1, -0.05) is 0 Å². The van der Waals surface area contributed by atoms with Gasteiger partial charge < -0.3 is 5.11 Å². The number of aliphatic carboxylic acids is 1. The third kappa shape index (κ3) is 3.27. The van der Waals surface area contributed by atoms with E-state index in [-0.39, 0.29) is 0 Å². The van der Waals surface area contributed by atoms with Gasteiger partial charge in [-0.2, -0.15) is 0 Å². The zero-order chi connectivity index (χ0) is 4.99. The summed E-state index contributed by atoms with van der Waals surface area (Å²) in [5, 5.41) is 7.75. The smallest absolute Gasteiger partial charge is 0.327 e. The number of hydrogen-bond donors (Lipinski definition) is 1. The molecule has 30 valence electrons. The van der Waals surface area contributed by atoms with E-state index in [9.17, 15) is 4.79 Å². The van der Waals surface area contributed by atoms with Crippen LogP contribution < -0.4 is 0 Å². The highest BCUT2D eigenvalue weighted by Crippen LogP contribution is 1.61. The standard InChI is InChI=1S/C3H3BO2/c4-2-1-3(5)6/h1-2H,(H,5,6)/b2-1+. The fourth-order valence-corrected chi connectivity index (χ4v) is 0.0823. The minimum absolute atomic E-state index is 0.861. The van der Waals surface area contributed by atoms with Crippen molar-refractivity contribution < 1.29 is 9.90 Å². The molecule has 0 aliphatic carbocycles. The van der Waals surface area contributed by atoms with Crippen molar-refractivity contribution in [2.24, 2.45) is 0 Å². The molecule has 0 amide bonds. The third-order valence-electron chi connectivity index (χ3n) is 0.239. The first-order chi connectivity index (χ1) is 2.77. The first-order valence-corrected chi connectivity index (χ1v) is 1.38. The fourth-order valence-electron chi connectivity index (χ4n) is 0.0823. The first-order valence-electron chi connectivity index (χ1n) is 1.38. The summed E-state index contributed by atoms with van der Waals surface area (Å²) < 4.78 is 0. The molecule has 2 radical (unpaired) electrons. The van der Waals surface area contributed by atoms with E-state index in [4.69, 9.17) is 5.11 Å². The summed E-state index contributed by atoms with van der Waals surface area (Å²) in [6.45, 7) is 0. The van der Waals surface area contributed by atoms with Crippen molar-refractivity contribution in [2.45, 2.75) is 0 Å². The second-order valence-electron chi connectivity index (χ2n) is 0.697. The molecule has 0 rings (SSSR count). The Morgan fingerprint density at radius 3 is 2.33 bits per heavy atom. The van der Waals surface area contributed by atoms with E-state index in [1.807, 2.05) is 0 Å². The largest absolute Gasteiger partial charge is 0.478 e. The Hall–Kier alpha value is -0.725. The van der Waals surface area contributed by atoms with Gasteiger partial charge in [0, 0.05) is 6.08 Å². The van der Waals surface area contributed by atoms with Crippen LogP contribution in [0.1, 0.15) is 0 Å². The monoisotopic (exact) mass is 82.0 g/mol. The Morgan fingerprint density at radius 1 is 1.83 bits per heavy atom. The fraction of sp³-hybridized carbons (Fsp3) is 0. The predicted octanol–water partition coefficient (Wildman–Crippen LogP) is -0.247. The van der Waals surface area contributed by atoms with Crippen LogP contribution in [0.15, 0.2) is 12.1 Å². The number of hydrogen-bond acceptors (Lipinski definition) is 1. The lowest BCUT2D eigenvalue weighted by Crippen LogP contribution is -1.84. The van der Waals surface area contributed by atoms with Crippen molar-refractivity contribution in [1.29, 1.82) is 0 Å². The molecule has 0 aliphatic heterocycles. The lowest BCUT2D eigenvalue weighted by Gasteiger charge is -1.68. The van der Waals surface area contributed by atoms with Crippen LogP contribution in [0, 0.1) is 0 Å². The van der Waals surface area contributed by atoms with Crippen LogP contribution in [0.2, 0.25) is 0 Å². The second kappa shape index (κ2) is 2.51. The molecule has 0 aromatic heterocycles. The highest BCUT2D eigenvalue weighted by molar-refractivity contribution is 6.18. The van der Waals surface area contributed by atoms with Gasteiger partial charge >= 0.3 is 5.97 Å². The molecule has 0 saturated carbocycles. The summed E-state index contributed by atoms with van der Waals surface area (Å²) in [5.74, 6) is -0.0417. The summed E-state index contributed by atoms with van der Waals surface area (Å²) in [5.41, 5.74) is 0. The van der Waals surface area contributed by atoms with Gasteiger partial charge in [-0.25, -0.2) is 4.79 Å². The summed E-state index contributed by atoms with van der Waals surface area (Å²) in [4.78, 5) is 9.43. The molecule has 0 unspecified atom stereocenters. The first kappa shape index (κ1) is 5.27. The van der Waals surface area contributed by atoms with Crippen LogP contribution >= 0.6 is 0 Å². The SMILES string of the molecule is [B]/C=C/C(=O)O. The molecular formula is C3H3BO2. The van der Waals surface area contributed by atoms with Crippen LogP contribution in [0.25, 0.3) is 0 Å². The second-order valence-corrected chi connectivity index (χ2v) is 0.697. The molecule has 0 fully saturated rings. The van der Waals surface area contributed by atoms with Crippen molar-refractivity contribution in [2.75, 3.05) is 0 Å². The average molecular weight is 81.9 g/mol. The lowest BCUT2D eigenvalue weighted by molar-refractivity contribution is -0.131. The highest BCUT2D eigenvalue weighted by Gasteiger charge is 1.76. The molecule has 0 spiro atoms. The van der Waals surface area contributed by atoms with E-state index in [0.29, 0.717) is 0 Å². The van der Waals surface area contributed by atoms with Gasteiger partial charge in [-0.15, -0.1) is 5.98 Å². The van der Waals surface area contributed by atoms with Crippen LogP contribution in [-0.4, -0.2) is 18.9 Å². The highest BCUT2D eigenvalue weighted by atomic mass is 16.4. The van der Waals surface area contributed by atoms with Crippen molar-refractivity contribution in [3.63, 3.8) is 0 Å². The summed E-state index contributed by atoms with van der Waals surface area (Å²) in [7, 11) is 4.67. The number of carbonyl (C=O) groups is 1. The molecule has 3 heteroatoms. The Kier molecular flexibility index (Phi) is 2.21. The van der Waals surface area contributed by atoms with Gasteiger partial charge in [0.15, 0.2) is 0 Å². The molecule has 0 aliphatic rings. The lowest BCUT2D eigenvalue weighted by atomic mass is 10.1. The van der Waals surface area contributed by atoms with Crippen molar-refractivity contribution in [1.82, 2.24) is 0 Å². The van der Waals surface area contributed by atoms with Gasteiger partial charge in [0.25, 0.3) is 0 Å². The van der Waals surface area contributed by atoms with Crippen molar-refractivity contribution in [3.8, 4) is 0 Å². The number of carboxylic acid groups (broad SMARTS) is 1. The van der Waals surface area contributed by atoms with E-state index in [1.165, 1.54) is 0 Å². The maximum atomic E-state index is 9.43. The minimum atomic E-state index is -1.02. The quantitative estimate of drug-likeness (QED) is 0.350. The third-order valence-corrected chi connectivity index (χ3v) is 0.239. The van der Waals surface area contributed by atoms with Gasteiger partial charge in [0.1, 0.15) is 7.85 Å². The van der Waals surface area contributed by atoms with Gasteiger partial charge in [0.2, 0.25) is 0 Å². The topological polar surface area (TPSA) is 37.3 Å². The van der Waals surface area contributed by atoms with E-state index < -0.39 is 5.97 Å². The Morgan fingerprint density at radius 2 is 2.33 bits per heavy atom. The van der Waals surface area contributed by atoms with E-state index in [0.717, 1.165) is 12.1 Å². The van der Waals surface area contributed by atoms with Gasteiger partial charge in [-0.3, -0.25) is 0 Å². The Labute approximate surface area is 36.9 Å². The van der Waals surface area contributed by atoms with Crippen LogP contribution in [0.3, 0.4) is 0 Å². The maximum absolute atomic E-state index is 9.43. The van der Waals surface area contributed by atoms with E-state index in [1.54, 1.807) is 0 Å². The molecule has 0 saturated heterocycles. The molecule has 0 heterocycles. The average Bonchev–Trinajstić information content (AvgIpc) is 1.35. The van der Waals surface area contributed by atoms with Gasteiger partial charge in [0.05, 0.1) is 0 Å². The predicted molar refractivity (Wildman–Crippen MR) is 22.5 cm³/mol. The van der Waals surface area contributed by atoms with Crippen molar-refractivity contribution >= 4 is 13.8 Å². The van der Waals surface area contributed by atoms with Crippen molar-refractivity contribution in [3.05, 3.63) is 12.1 Å². The Balaban J connectivity index is 3.30. The van der Waals surface area contributed by atoms with Gasteiger partial charge in [-0.05, 0) is 0 Å². The number of rotatable bonds is 1. The molecule has 0 aromatic carbocycles. The maximum Gasteiger partial charge on any atom is 0.327 e. The van der Waals surface area contributed by atoms with Crippen LogP contribution in [0.5, 0.6) is 0 Å². The Bertz CT molecular complexity index is 76.9. The molecule has 2 nitrogen and oxygen atoms in total. The molecule has 0 atom stereocenters. The molecule has 0 aromatic rings. The van der Waals surface area contributed by atoms with E-state index in [2.05, 4.69) is 7.85 Å². The zero-order valence-electron chi connectivity index (χ0n) is 3.09. The molecule has 0 bridgehead atoms. The molecule has 1 N–H and O–H groups in total. The normalized spacial score (nSPS) is 9.33. The minimum Gasteiger partial charge on any atom is -0.478 e. The van der Waals surface area contributed by atoms with Crippen LogP contribution in [-0.2, 0) is 4.79 Å².